The van der Waals surface area contributed by atoms with Crippen LogP contribution in [0.3, 0.4) is 0 Å². The second kappa shape index (κ2) is 8.62. The van der Waals surface area contributed by atoms with E-state index in [2.05, 4.69) is 19.2 Å². The Balaban J connectivity index is 2.20. The van der Waals surface area contributed by atoms with Crippen molar-refractivity contribution in [3.63, 3.8) is 0 Å². The predicted octanol–water partition coefficient (Wildman–Crippen LogP) is 3.91. The van der Waals surface area contributed by atoms with E-state index in [1.807, 2.05) is 19.1 Å². The fourth-order valence-electron chi connectivity index (χ4n) is 2.22. The number of nitrogens with one attached hydrogen (secondary N) is 1. The van der Waals surface area contributed by atoms with E-state index in [1.54, 1.807) is 6.07 Å². The van der Waals surface area contributed by atoms with Gasteiger partial charge in [-0.15, -0.1) is 0 Å². The van der Waals surface area contributed by atoms with Crippen molar-refractivity contribution in [2.24, 2.45) is 5.92 Å². The standard InChI is InChI=1S/C17H28N2O/c1-13(2)8-6-4-5-7-11-19-17(20)15-10-9-14(3)12-16(15)18/h9-10,12-13H,4-8,11,18H2,1-3H3,(H,19,20). The molecular weight excluding hydrogens is 248 g/mol. The maximum atomic E-state index is 12.0. The lowest BCUT2D eigenvalue weighted by atomic mass is 10.0. The molecule has 20 heavy (non-hydrogen) atoms. The second-order valence-corrected chi connectivity index (χ2v) is 5.94. The first-order valence-electron chi connectivity index (χ1n) is 7.65. The van der Waals surface area contributed by atoms with Gasteiger partial charge in [-0.1, -0.05) is 45.6 Å². The van der Waals surface area contributed by atoms with Crippen molar-refractivity contribution >= 4 is 11.6 Å². The topological polar surface area (TPSA) is 55.1 Å². The molecule has 1 amide bonds. The highest BCUT2D eigenvalue weighted by Gasteiger charge is 2.08. The summed E-state index contributed by atoms with van der Waals surface area (Å²) in [5.41, 5.74) is 8.07. The number of nitrogens with two attached hydrogens (primary N) is 1. The van der Waals surface area contributed by atoms with Gasteiger partial charge in [-0.05, 0) is 37.0 Å². The number of nitrogen functional groups attached to an aromatic ring is 1. The number of hydrogen-bond donors (Lipinski definition) is 2. The molecule has 0 aromatic heterocycles. The van der Waals surface area contributed by atoms with Gasteiger partial charge in [0.2, 0.25) is 0 Å². The average molecular weight is 276 g/mol. The van der Waals surface area contributed by atoms with Crippen LogP contribution in [0.15, 0.2) is 18.2 Å². The highest BCUT2D eigenvalue weighted by molar-refractivity contribution is 5.99. The normalized spacial score (nSPS) is 10.8. The first kappa shape index (κ1) is 16.5. The minimum absolute atomic E-state index is 0.0651. The number of amides is 1. The number of hydrogen-bond acceptors (Lipinski definition) is 2. The van der Waals surface area contributed by atoms with Crippen LogP contribution in [0.4, 0.5) is 5.69 Å². The van der Waals surface area contributed by atoms with Gasteiger partial charge in [0.05, 0.1) is 5.56 Å². The molecule has 3 N–H and O–H groups in total. The maximum absolute atomic E-state index is 12.0. The summed E-state index contributed by atoms with van der Waals surface area (Å²) in [4.78, 5) is 12.0. The van der Waals surface area contributed by atoms with E-state index in [4.69, 9.17) is 5.73 Å². The molecule has 1 aromatic rings. The monoisotopic (exact) mass is 276 g/mol. The summed E-state index contributed by atoms with van der Waals surface area (Å²) in [5.74, 6) is 0.726. The Labute approximate surface area is 122 Å². The molecule has 0 aliphatic rings. The first-order chi connectivity index (χ1) is 9.50. The second-order valence-electron chi connectivity index (χ2n) is 5.94. The van der Waals surface area contributed by atoms with Crippen LogP contribution in [-0.2, 0) is 0 Å². The molecule has 0 radical (unpaired) electrons. The van der Waals surface area contributed by atoms with Crippen LogP contribution in [0, 0.1) is 12.8 Å². The largest absolute Gasteiger partial charge is 0.398 e. The van der Waals surface area contributed by atoms with Crippen LogP contribution in [0.5, 0.6) is 0 Å². The molecule has 0 saturated heterocycles. The minimum atomic E-state index is -0.0651. The fourth-order valence-corrected chi connectivity index (χ4v) is 2.22. The molecule has 3 nitrogen and oxygen atoms in total. The SMILES string of the molecule is Cc1ccc(C(=O)NCCCCCCC(C)C)c(N)c1. The zero-order chi connectivity index (χ0) is 15.0. The third-order valence-corrected chi connectivity index (χ3v) is 3.45. The van der Waals surface area contributed by atoms with Crippen molar-refractivity contribution in [2.45, 2.75) is 52.9 Å². The van der Waals surface area contributed by atoms with Crippen molar-refractivity contribution in [2.75, 3.05) is 12.3 Å². The van der Waals surface area contributed by atoms with E-state index >= 15 is 0 Å². The Morgan fingerprint density at radius 1 is 1.20 bits per heavy atom. The van der Waals surface area contributed by atoms with Gasteiger partial charge in [-0.2, -0.15) is 0 Å². The minimum Gasteiger partial charge on any atom is -0.398 e. The van der Waals surface area contributed by atoms with Gasteiger partial charge in [0.25, 0.3) is 5.91 Å². The summed E-state index contributed by atoms with van der Waals surface area (Å²) in [6.45, 7) is 7.21. The molecule has 0 fully saturated rings. The Bertz CT molecular complexity index is 427. The van der Waals surface area contributed by atoms with Crippen LogP contribution < -0.4 is 11.1 Å². The molecule has 0 bridgehead atoms. The van der Waals surface area contributed by atoms with E-state index in [-0.39, 0.29) is 5.91 Å². The summed E-state index contributed by atoms with van der Waals surface area (Å²) in [6, 6.07) is 5.54. The van der Waals surface area contributed by atoms with E-state index in [0.717, 1.165) is 24.4 Å². The molecule has 1 rings (SSSR count). The molecule has 0 unspecified atom stereocenters. The molecule has 0 atom stereocenters. The lowest BCUT2D eigenvalue weighted by molar-refractivity contribution is 0.0954. The summed E-state index contributed by atoms with van der Waals surface area (Å²) in [7, 11) is 0. The molecule has 0 heterocycles. The Morgan fingerprint density at radius 2 is 1.90 bits per heavy atom. The quantitative estimate of drug-likeness (QED) is 0.558. The van der Waals surface area contributed by atoms with Crippen LogP contribution in [0.25, 0.3) is 0 Å². The molecule has 0 saturated carbocycles. The number of unbranched alkanes of at least 4 members (excludes halogenated alkanes) is 3. The van der Waals surface area contributed by atoms with Gasteiger partial charge < -0.3 is 11.1 Å². The summed E-state index contributed by atoms with van der Waals surface area (Å²) >= 11 is 0. The first-order valence-corrected chi connectivity index (χ1v) is 7.65. The van der Waals surface area contributed by atoms with Gasteiger partial charge in [-0.3, -0.25) is 4.79 Å². The Kier molecular flexibility index (Phi) is 7.13. The van der Waals surface area contributed by atoms with Gasteiger partial charge in [0.1, 0.15) is 0 Å². The van der Waals surface area contributed by atoms with E-state index in [1.165, 1.54) is 25.7 Å². The molecule has 0 aliphatic heterocycles. The number of carbonyl (C=O) groups is 1. The third kappa shape index (κ3) is 6.09. The lowest BCUT2D eigenvalue weighted by Crippen LogP contribution is -2.25. The van der Waals surface area contributed by atoms with E-state index in [0.29, 0.717) is 11.3 Å². The van der Waals surface area contributed by atoms with E-state index in [9.17, 15) is 4.79 Å². The maximum Gasteiger partial charge on any atom is 0.253 e. The van der Waals surface area contributed by atoms with E-state index < -0.39 is 0 Å². The fraction of sp³-hybridized carbons (Fsp3) is 0.588. The molecular formula is C17H28N2O. The summed E-state index contributed by atoms with van der Waals surface area (Å²) < 4.78 is 0. The van der Waals surface area contributed by atoms with Gasteiger partial charge in [0.15, 0.2) is 0 Å². The number of rotatable bonds is 8. The van der Waals surface area contributed by atoms with Crippen LogP contribution in [0.2, 0.25) is 0 Å². The van der Waals surface area contributed by atoms with Gasteiger partial charge >= 0.3 is 0 Å². The Morgan fingerprint density at radius 3 is 2.55 bits per heavy atom. The highest BCUT2D eigenvalue weighted by atomic mass is 16.1. The average Bonchev–Trinajstić information content (AvgIpc) is 2.37. The molecule has 0 aliphatic carbocycles. The number of benzene rings is 1. The van der Waals surface area contributed by atoms with Crippen molar-refractivity contribution in [1.29, 1.82) is 0 Å². The van der Waals surface area contributed by atoms with Crippen molar-refractivity contribution in [3.05, 3.63) is 29.3 Å². The molecule has 1 aromatic carbocycles. The highest BCUT2D eigenvalue weighted by Crippen LogP contribution is 2.13. The van der Waals surface area contributed by atoms with Crippen molar-refractivity contribution < 1.29 is 4.79 Å². The number of carbonyl (C=O) groups excluding carboxylic acids is 1. The van der Waals surface area contributed by atoms with Crippen molar-refractivity contribution in [1.82, 2.24) is 5.32 Å². The summed E-state index contributed by atoms with van der Waals surface area (Å²) in [6.07, 6.45) is 6.05. The molecule has 3 heteroatoms. The summed E-state index contributed by atoms with van der Waals surface area (Å²) in [5, 5.41) is 2.94. The molecule has 0 spiro atoms. The lowest BCUT2D eigenvalue weighted by Gasteiger charge is -2.08. The van der Waals surface area contributed by atoms with Crippen molar-refractivity contribution in [3.8, 4) is 0 Å². The van der Waals surface area contributed by atoms with Crippen LogP contribution in [-0.4, -0.2) is 12.5 Å². The third-order valence-electron chi connectivity index (χ3n) is 3.45. The zero-order valence-electron chi connectivity index (χ0n) is 13.0. The van der Waals surface area contributed by atoms with Crippen LogP contribution >= 0.6 is 0 Å². The predicted molar refractivity (Wildman–Crippen MR) is 85.8 cm³/mol. The molecule has 112 valence electrons. The number of aryl methyl sites for hydroxylation is 1. The van der Waals surface area contributed by atoms with Crippen LogP contribution in [0.1, 0.15) is 61.9 Å². The zero-order valence-corrected chi connectivity index (χ0v) is 13.0. The van der Waals surface area contributed by atoms with Gasteiger partial charge in [0, 0.05) is 12.2 Å². The number of anilines is 1. The smallest absolute Gasteiger partial charge is 0.253 e. The Hall–Kier alpha value is -1.51. The van der Waals surface area contributed by atoms with Gasteiger partial charge in [-0.25, -0.2) is 0 Å².